The molecule has 49 heavy (non-hydrogen) atoms. The molecule has 0 aromatic heterocycles. The van der Waals surface area contributed by atoms with E-state index < -0.39 is 6.04 Å². The highest BCUT2D eigenvalue weighted by Gasteiger charge is 2.40. The summed E-state index contributed by atoms with van der Waals surface area (Å²) in [6.07, 6.45) is 6.17. The lowest BCUT2D eigenvalue weighted by molar-refractivity contribution is -0.126. The van der Waals surface area contributed by atoms with Crippen LogP contribution in [0, 0.1) is 0 Å². The molecule has 0 unspecified atom stereocenters. The van der Waals surface area contributed by atoms with Crippen LogP contribution in [0.1, 0.15) is 57.9 Å². The van der Waals surface area contributed by atoms with Crippen LogP contribution in [0.3, 0.4) is 0 Å². The predicted octanol–water partition coefficient (Wildman–Crippen LogP) is 6.65. The lowest BCUT2D eigenvalue weighted by atomic mass is 10.1. The molecule has 1 heterocycles. The molecule has 3 aromatic rings. The van der Waals surface area contributed by atoms with E-state index in [0.717, 1.165) is 49.8 Å². The van der Waals surface area contributed by atoms with Gasteiger partial charge in [0.2, 0.25) is 5.91 Å². The Morgan fingerprint density at radius 3 is 1.94 bits per heavy atom. The van der Waals surface area contributed by atoms with Crippen molar-refractivity contribution in [3.8, 4) is 5.75 Å². The summed E-state index contributed by atoms with van der Waals surface area (Å²) in [6, 6.07) is 25.5. The molecule has 0 spiro atoms. The van der Waals surface area contributed by atoms with Crippen molar-refractivity contribution in [3.05, 3.63) is 90.5 Å². The molecule has 1 fully saturated rings. The summed E-state index contributed by atoms with van der Waals surface area (Å²) in [5.74, 6) is 0.523. The van der Waals surface area contributed by atoms with Gasteiger partial charge in [-0.1, -0.05) is 94.1 Å². The third-order valence-corrected chi connectivity index (χ3v) is 8.86. The first kappa shape index (κ1) is 37.3. The highest BCUT2D eigenvalue weighted by atomic mass is 16.5. The number of methoxy groups -OCH3 is 1. The third kappa shape index (κ3) is 10.7. The van der Waals surface area contributed by atoms with Crippen molar-refractivity contribution in [1.29, 1.82) is 0 Å². The third-order valence-electron chi connectivity index (χ3n) is 8.86. The second-order valence-corrected chi connectivity index (χ2v) is 12.4. The number of anilines is 2. The molecule has 0 saturated carbocycles. The van der Waals surface area contributed by atoms with Crippen LogP contribution < -0.4 is 20.3 Å². The number of hydrogen-bond acceptors (Lipinski definition) is 5. The van der Waals surface area contributed by atoms with E-state index in [2.05, 4.69) is 24.5 Å². The summed E-state index contributed by atoms with van der Waals surface area (Å²) in [5.41, 5.74) is 2.43. The van der Waals surface area contributed by atoms with E-state index in [1.165, 1.54) is 0 Å². The van der Waals surface area contributed by atoms with Crippen LogP contribution in [0.5, 0.6) is 5.75 Å². The van der Waals surface area contributed by atoms with Crippen molar-refractivity contribution < 1.29 is 19.1 Å². The smallest absolute Gasteiger partial charge is 0.329 e. The fraction of sp³-hybridized carbons (Fsp3) is 0.462. The van der Waals surface area contributed by atoms with Crippen molar-refractivity contribution in [3.63, 3.8) is 0 Å². The first-order chi connectivity index (χ1) is 24.0. The average molecular weight is 671 g/mol. The Morgan fingerprint density at radius 2 is 1.35 bits per heavy atom. The maximum absolute atomic E-state index is 14.5. The predicted molar refractivity (Wildman–Crippen MR) is 196 cm³/mol. The average Bonchev–Trinajstić information content (AvgIpc) is 3.14. The number of nitrogens with one attached hydrogen (secondary N) is 2. The molecule has 2 N–H and O–H groups in total. The molecule has 3 aromatic carbocycles. The summed E-state index contributed by atoms with van der Waals surface area (Å²) in [7, 11) is 1.65. The summed E-state index contributed by atoms with van der Waals surface area (Å²) < 4.78 is 5.45. The minimum absolute atomic E-state index is 0.0569. The van der Waals surface area contributed by atoms with E-state index in [4.69, 9.17) is 4.74 Å². The van der Waals surface area contributed by atoms with Crippen molar-refractivity contribution in [1.82, 2.24) is 25.3 Å². The number of para-hydroxylation sites is 3. The Bertz CT molecular complexity index is 1390. The molecule has 0 aliphatic carbocycles. The number of hydrogen-bond donors (Lipinski definition) is 2. The van der Waals surface area contributed by atoms with Gasteiger partial charge in [-0.15, -0.1) is 0 Å². The quantitative estimate of drug-likeness (QED) is 0.157. The number of rotatable bonds is 17. The fourth-order valence-corrected chi connectivity index (χ4v) is 6.13. The maximum Gasteiger partial charge on any atom is 0.329 e. The van der Waals surface area contributed by atoms with Crippen LogP contribution in [0.2, 0.25) is 0 Å². The Balaban J connectivity index is 1.52. The minimum Gasteiger partial charge on any atom is -0.496 e. The summed E-state index contributed by atoms with van der Waals surface area (Å²) in [6.45, 7) is 7.90. The molecule has 10 nitrogen and oxygen atoms in total. The number of unbranched alkanes of at least 4 members (excludes halogenated alkanes) is 4. The molecule has 1 atom stereocenters. The van der Waals surface area contributed by atoms with Gasteiger partial charge < -0.3 is 30.1 Å². The van der Waals surface area contributed by atoms with Gasteiger partial charge in [0.1, 0.15) is 11.8 Å². The Kier molecular flexibility index (Phi) is 15.3. The van der Waals surface area contributed by atoms with Gasteiger partial charge in [0, 0.05) is 51.4 Å². The van der Waals surface area contributed by atoms with Crippen LogP contribution in [0.25, 0.3) is 0 Å². The fourth-order valence-electron chi connectivity index (χ4n) is 6.13. The van der Waals surface area contributed by atoms with Gasteiger partial charge in [-0.05, 0) is 43.2 Å². The first-order valence-electron chi connectivity index (χ1n) is 17.8. The summed E-state index contributed by atoms with van der Waals surface area (Å²) in [4.78, 5) is 49.4. The number of carbonyl (C=O) groups excluding carboxylic acids is 3. The van der Waals surface area contributed by atoms with Crippen molar-refractivity contribution in [2.24, 2.45) is 0 Å². The number of amides is 5. The molecule has 0 bridgehead atoms. The van der Waals surface area contributed by atoms with Gasteiger partial charge in [0.05, 0.1) is 25.0 Å². The highest BCUT2D eigenvalue weighted by molar-refractivity contribution is 6.01. The van der Waals surface area contributed by atoms with Gasteiger partial charge in [-0.25, -0.2) is 9.59 Å². The second kappa shape index (κ2) is 20.1. The normalized spacial score (nSPS) is 14.3. The molecule has 1 aliphatic heterocycles. The lowest BCUT2D eigenvalue weighted by Gasteiger charge is -2.43. The molecule has 1 saturated heterocycles. The molecule has 1 aliphatic rings. The number of piperazine rings is 1. The van der Waals surface area contributed by atoms with Crippen molar-refractivity contribution in [2.75, 3.05) is 57.8 Å². The van der Waals surface area contributed by atoms with Crippen LogP contribution >= 0.6 is 0 Å². The summed E-state index contributed by atoms with van der Waals surface area (Å²) in [5, 5.41) is 6.41. The number of urea groups is 2. The minimum atomic E-state index is -0.859. The monoisotopic (exact) mass is 670 g/mol. The first-order valence-corrected chi connectivity index (χ1v) is 17.8. The Hall–Kier alpha value is -4.57. The molecule has 10 heteroatoms. The highest BCUT2D eigenvalue weighted by Crippen LogP contribution is 2.28. The van der Waals surface area contributed by atoms with Crippen LogP contribution in [0.4, 0.5) is 21.0 Å². The van der Waals surface area contributed by atoms with Gasteiger partial charge in [0.15, 0.2) is 0 Å². The van der Waals surface area contributed by atoms with E-state index in [1.807, 2.05) is 89.8 Å². The van der Waals surface area contributed by atoms with Crippen LogP contribution in [0.15, 0.2) is 84.9 Å². The number of benzene rings is 3. The number of ether oxygens (including phenoxy) is 1. The standard InChI is InChI=1S/C39H54N6O4/c1-4-6-16-26-42(27-17-7-5-2)38(47)43-28-29-44(39(48)45(33-19-10-8-11-20-33)34-21-12-9-13-22-34)35(31-43)37(46)41-25-24-40-30-32-18-14-15-23-36(32)49-3/h8-15,18-23,35,40H,4-7,16-17,24-31H2,1-3H3,(H,41,46)/t35-/m0/s1. The topological polar surface area (TPSA) is 97.5 Å². The van der Waals surface area contributed by atoms with E-state index >= 15 is 0 Å². The molecule has 5 amide bonds. The van der Waals surface area contributed by atoms with Crippen molar-refractivity contribution in [2.45, 2.75) is 65.0 Å². The zero-order chi connectivity index (χ0) is 34.8. The Labute approximate surface area is 292 Å². The number of carbonyl (C=O) groups is 3. The number of nitrogens with zero attached hydrogens (tertiary/aromatic N) is 4. The van der Waals surface area contributed by atoms with Crippen LogP contribution in [-0.4, -0.2) is 91.6 Å². The van der Waals surface area contributed by atoms with E-state index in [9.17, 15) is 14.4 Å². The van der Waals surface area contributed by atoms with Gasteiger partial charge in [-0.3, -0.25) is 9.69 Å². The molecular formula is C39H54N6O4. The molecule has 0 radical (unpaired) electrons. The molecular weight excluding hydrogens is 616 g/mol. The van der Waals surface area contributed by atoms with Gasteiger partial charge >= 0.3 is 12.1 Å². The zero-order valence-corrected chi connectivity index (χ0v) is 29.5. The van der Waals surface area contributed by atoms with E-state index in [1.54, 1.807) is 21.8 Å². The van der Waals surface area contributed by atoms with Crippen molar-refractivity contribution >= 4 is 29.3 Å². The lowest BCUT2D eigenvalue weighted by Crippen LogP contribution is -2.64. The SMILES string of the molecule is CCCCCN(CCCCC)C(=O)N1CCN(C(=O)N(c2ccccc2)c2ccccc2)[C@H](C(=O)NCCNCc2ccccc2OC)C1. The molecule has 4 rings (SSSR count). The zero-order valence-electron chi connectivity index (χ0n) is 29.5. The van der Waals surface area contributed by atoms with E-state index in [0.29, 0.717) is 50.6 Å². The van der Waals surface area contributed by atoms with Gasteiger partial charge in [-0.2, -0.15) is 0 Å². The summed E-state index contributed by atoms with van der Waals surface area (Å²) >= 11 is 0. The largest absolute Gasteiger partial charge is 0.496 e. The van der Waals surface area contributed by atoms with E-state index in [-0.39, 0.29) is 31.1 Å². The molecule has 264 valence electrons. The second-order valence-electron chi connectivity index (χ2n) is 12.4. The Morgan fingerprint density at radius 1 is 0.755 bits per heavy atom. The van der Waals surface area contributed by atoms with Crippen LogP contribution in [-0.2, 0) is 11.3 Å². The maximum atomic E-state index is 14.5. The van der Waals surface area contributed by atoms with Gasteiger partial charge in [0.25, 0.3) is 0 Å².